The average Bonchev–Trinajstić information content (AvgIpc) is 2.59. The van der Waals surface area contributed by atoms with Crippen LogP contribution in [0.25, 0.3) is 0 Å². The number of nitrogens with zero attached hydrogens (tertiary/aromatic N) is 2. The molecule has 0 aliphatic heterocycles. The Kier molecular flexibility index (Phi) is 7.02. The first kappa shape index (κ1) is 19.0. The zero-order valence-corrected chi connectivity index (χ0v) is 15.7. The number of anilines is 2. The second-order valence-electron chi connectivity index (χ2n) is 6.38. The summed E-state index contributed by atoms with van der Waals surface area (Å²) in [6, 6.07) is 16.4. The minimum absolute atomic E-state index is 0.0112. The number of nitrogens with one attached hydrogen (secondary N) is 1. The number of carbonyl (C=O) groups excluding carboxylic acids is 1. The molecule has 4 nitrogen and oxygen atoms in total. The standard InChI is InChI=1S/C21H29N3O/c1-5-24(6-2)19-12-13-20(17(3)14-19)22-21(25)16-23(4)15-18-10-8-7-9-11-18/h7-14H,5-6,15-16H2,1-4H3,(H,22,25). The summed E-state index contributed by atoms with van der Waals surface area (Å²) in [6.07, 6.45) is 0. The summed E-state index contributed by atoms with van der Waals surface area (Å²) >= 11 is 0. The number of carbonyl (C=O) groups is 1. The van der Waals surface area contributed by atoms with Crippen molar-refractivity contribution in [3.05, 3.63) is 59.7 Å². The fraction of sp³-hybridized carbons (Fsp3) is 0.381. The molecule has 1 N–H and O–H groups in total. The summed E-state index contributed by atoms with van der Waals surface area (Å²) in [6.45, 7) is 9.42. The Morgan fingerprint density at radius 2 is 1.72 bits per heavy atom. The second-order valence-corrected chi connectivity index (χ2v) is 6.38. The predicted octanol–water partition coefficient (Wildman–Crippen LogP) is 3.91. The molecule has 1 amide bonds. The van der Waals surface area contributed by atoms with Gasteiger partial charge in [0.2, 0.25) is 5.91 Å². The van der Waals surface area contributed by atoms with E-state index in [0.717, 1.165) is 30.9 Å². The Morgan fingerprint density at radius 1 is 1.04 bits per heavy atom. The molecule has 0 saturated heterocycles. The van der Waals surface area contributed by atoms with Crippen molar-refractivity contribution in [1.82, 2.24) is 4.90 Å². The van der Waals surface area contributed by atoms with E-state index in [9.17, 15) is 4.79 Å². The van der Waals surface area contributed by atoms with Gasteiger partial charge >= 0.3 is 0 Å². The van der Waals surface area contributed by atoms with Crippen molar-refractivity contribution in [2.24, 2.45) is 0 Å². The van der Waals surface area contributed by atoms with E-state index in [1.54, 1.807) is 0 Å². The summed E-state index contributed by atoms with van der Waals surface area (Å²) in [5.74, 6) is 0.0112. The zero-order valence-electron chi connectivity index (χ0n) is 15.7. The van der Waals surface area contributed by atoms with Gasteiger partial charge in [-0.05, 0) is 57.1 Å². The van der Waals surface area contributed by atoms with Gasteiger partial charge in [-0.25, -0.2) is 0 Å². The molecule has 0 aromatic heterocycles. The van der Waals surface area contributed by atoms with Gasteiger partial charge in [0, 0.05) is 31.0 Å². The van der Waals surface area contributed by atoms with Crippen LogP contribution < -0.4 is 10.2 Å². The maximum absolute atomic E-state index is 12.3. The van der Waals surface area contributed by atoms with E-state index >= 15 is 0 Å². The third-order valence-electron chi connectivity index (χ3n) is 4.32. The minimum Gasteiger partial charge on any atom is -0.372 e. The molecule has 0 unspecified atom stereocenters. The monoisotopic (exact) mass is 339 g/mol. The third-order valence-corrected chi connectivity index (χ3v) is 4.32. The smallest absolute Gasteiger partial charge is 0.238 e. The fourth-order valence-corrected chi connectivity index (χ4v) is 2.96. The highest BCUT2D eigenvalue weighted by molar-refractivity contribution is 5.93. The molecular formula is C21H29N3O. The van der Waals surface area contributed by atoms with Crippen LogP contribution in [0.2, 0.25) is 0 Å². The number of likely N-dealkylation sites (N-methyl/N-ethyl adjacent to an activating group) is 1. The maximum atomic E-state index is 12.3. The molecule has 0 aliphatic rings. The van der Waals surface area contributed by atoms with Gasteiger partial charge in [-0.2, -0.15) is 0 Å². The number of hydrogen-bond donors (Lipinski definition) is 1. The van der Waals surface area contributed by atoms with Crippen LogP contribution in [-0.4, -0.2) is 37.5 Å². The van der Waals surface area contributed by atoms with E-state index in [2.05, 4.69) is 48.3 Å². The topological polar surface area (TPSA) is 35.6 Å². The van der Waals surface area contributed by atoms with E-state index in [0.29, 0.717) is 6.54 Å². The van der Waals surface area contributed by atoms with Crippen LogP contribution in [0, 0.1) is 6.92 Å². The Bertz CT molecular complexity index is 681. The molecule has 2 aromatic carbocycles. The molecule has 0 aliphatic carbocycles. The van der Waals surface area contributed by atoms with Gasteiger partial charge < -0.3 is 10.2 Å². The van der Waals surface area contributed by atoms with Crippen LogP contribution in [0.3, 0.4) is 0 Å². The van der Waals surface area contributed by atoms with Crippen molar-refractivity contribution < 1.29 is 4.79 Å². The summed E-state index contributed by atoms with van der Waals surface area (Å²) < 4.78 is 0. The zero-order chi connectivity index (χ0) is 18.2. The fourth-order valence-electron chi connectivity index (χ4n) is 2.96. The highest BCUT2D eigenvalue weighted by Gasteiger charge is 2.10. The van der Waals surface area contributed by atoms with Crippen molar-refractivity contribution in [3.63, 3.8) is 0 Å². The summed E-state index contributed by atoms with van der Waals surface area (Å²) in [5.41, 5.74) is 4.37. The highest BCUT2D eigenvalue weighted by Crippen LogP contribution is 2.22. The maximum Gasteiger partial charge on any atom is 0.238 e. The largest absolute Gasteiger partial charge is 0.372 e. The van der Waals surface area contributed by atoms with Crippen molar-refractivity contribution >= 4 is 17.3 Å². The van der Waals surface area contributed by atoms with Crippen molar-refractivity contribution in [2.45, 2.75) is 27.3 Å². The van der Waals surface area contributed by atoms with Crippen molar-refractivity contribution in [3.8, 4) is 0 Å². The van der Waals surface area contributed by atoms with Crippen LogP contribution in [0.15, 0.2) is 48.5 Å². The van der Waals surface area contributed by atoms with Gasteiger partial charge in [-0.15, -0.1) is 0 Å². The highest BCUT2D eigenvalue weighted by atomic mass is 16.2. The number of aryl methyl sites for hydroxylation is 1. The predicted molar refractivity (Wildman–Crippen MR) is 106 cm³/mol. The van der Waals surface area contributed by atoms with E-state index < -0.39 is 0 Å². The average molecular weight is 339 g/mol. The quantitative estimate of drug-likeness (QED) is 0.792. The SMILES string of the molecule is CCN(CC)c1ccc(NC(=O)CN(C)Cc2ccccc2)c(C)c1. The van der Waals surface area contributed by atoms with Gasteiger partial charge in [0.05, 0.1) is 6.54 Å². The van der Waals surface area contributed by atoms with Crippen molar-refractivity contribution in [2.75, 3.05) is 36.9 Å². The molecule has 0 radical (unpaired) electrons. The molecule has 0 heterocycles. The molecule has 0 bridgehead atoms. The first-order valence-electron chi connectivity index (χ1n) is 8.91. The van der Waals surface area contributed by atoms with Crippen LogP contribution >= 0.6 is 0 Å². The van der Waals surface area contributed by atoms with Crippen LogP contribution in [0.5, 0.6) is 0 Å². The lowest BCUT2D eigenvalue weighted by atomic mass is 10.1. The lowest BCUT2D eigenvalue weighted by molar-refractivity contribution is -0.117. The number of amides is 1. The Hall–Kier alpha value is -2.33. The van der Waals surface area contributed by atoms with Crippen LogP contribution in [0.4, 0.5) is 11.4 Å². The normalized spacial score (nSPS) is 10.8. The molecule has 0 saturated carbocycles. The lowest BCUT2D eigenvalue weighted by Gasteiger charge is -2.22. The number of hydrogen-bond acceptors (Lipinski definition) is 3. The number of rotatable bonds is 8. The molecule has 2 aromatic rings. The molecular weight excluding hydrogens is 310 g/mol. The van der Waals surface area contributed by atoms with Gasteiger partial charge in [0.15, 0.2) is 0 Å². The van der Waals surface area contributed by atoms with Crippen molar-refractivity contribution in [1.29, 1.82) is 0 Å². The van der Waals surface area contributed by atoms with Gasteiger partial charge in [-0.1, -0.05) is 30.3 Å². The van der Waals surface area contributed by atoms with E-state index in [4.69, 9.17) is 0 Å². The molecule has 0 atom stereocenters. The molecule has 0 spiro atoms. The summed E-state index contributed by atoms with van der Waals surface area (Å²) in [5, 5.41) is 3.03. The Morgan fingerprint density at radius 3 is 2.32 bits per heavy atom. The van der Waals surface area contributed by atoms with Crippen LogP contribution in [0.1, 0.15) is 25.0 Å². The lowest BCUT2D eigenvalue weighted by Crippen LogP contribution is -2.30. The molecule has 4 heteroatoms. The molecule has 2 rings (SSSR count). The molecule has 134 valence electrons. The summed E-state index contributed by atoms with van der Waals surface area (Å²) in [7, 11) is 1.96. The van der Waals surface area contributed by atoms with E-state index in [-0.39, 0.29) is 5.91 Å². The van der Waals surface area contributed by atoms with Gasteiger partial charge in [-0.3, -0.25) is 9.69 Å². The minimum atomic E-state index is 0.0112. The first-order valence-corrected chi connectivity index (χ1v) is 8.91. The number of benzene rings is 2. The third kappa shape index (κ3) is 5.61. The van der Waals surface area contributed by atoms with E-state index in [1.165, 1.54) is 11.3 Å². The second kappa shape index (κ2) is 9.23. The summed E-state index contributed by atoms with van der Waals surface area (Å²) in [4.78, 5) is 16.6. The Labute approximate surface area is 151 Å². The molecule has 0 fully saturated rings. The first-order chi connectivity index (χ1) is 12.0. The van der Waals surface area contributed by atoms with Gasteiger partial charge in [0.1, 0.15) is 0 Å². The van der Waals surface area contributed by atoms with E-state index in [1.807, 2.05) is 43.1 Å². The Balaban J connectivity index is 1.93. The van der Waals surface area contributed by atoms with Gasteiger partial charge in [0.25, 0.3) is 0 Å². The molecule has 25 heavy (non-hydrogen) atoms. The van der Waals surface area contributed by atoms with Crippen LogP contribution in [-0.2, 0) is 11.3 Å².